The number of rotatable bonds is 5. The molecule has 0 aliphatic rings. The highest BCUT2D eigenvalue weighted by atomic mass is 33.1. The zero-order chi connectivity index (χ0) is 13.7. The fourth-order valence-electron chi connectivity index (χ4n) is 1.82. The van der Waals surface area contributed by atoms with Crippen LogP contribution in [0.3, 0.4) is 0 Å². The van der Waals surface area contributed by atoms with E-state index in [-0.39, 0.29) is 5.25 Å². The first-order chi connectivity index (χ1) is 9.13. The van der Waals surface area contributed by atoms with Crippen LogP contribution in [-0.2, 0) is 8.87 Å². The number of benzene rings is 2. The van der Waals surface area contributed by atoms with Gasteiger partial charge in [0.25, 0.3) is 0 Å². The van der Waals surface area contributed by atoms with Gasteiger partial charge < -0.3 is 0 Å². The summed E-state index contributed by atoms with van der Waals surface area (Å²) < 4.78 is 24.7. The quantitative estimate of drug-likeness (QED) is 0.772. The minimum atomic E-state index is -3.30. The van der Waals surface area contributed by atoms with Gasteiger partial charge in [-0.05, 0) is 34.9 Å². The van der Waals surface area contributed by atoms with Gasteiger partial charge >= 0.3 is 0 Å². The van der Waals surface area contributed by atoms with Crippen molar-refractivity contribution in [3.63, 3.8) is 0 Å². The van der Waals surface area contributed by atoms with Crippen molar-refractivity contribution in [2.45, 2.75) is 23.5 Å². The van der Waals surface area contributed by atoms with E-state index >= 15 is 0 Å². The van der Waals surface area contributed by atoms with Crippen molar-refractivity contribution in [1.82, 2.24) is 0 Å². The fourth-order valence-corrected chi connectivity index (χ4v) is 5.46. The lowest BCUT2D eigenvalue weighted by Gasteiger charge is -2.14. The van der Waals surface area contributed by atoms with E-state index in [9.17, 15) is 8.42 Å². The van der Waals surface area contributed by atoms with E-state index in [0.29, 0.717) is 4.90 Å². The molecule has 0 saturated heterocycles. The van der Waals surface area contributed by atoms with Crippen molar-refractivity contribution in [3.8, 4) is 0 Å². The van der Waals surface area contributed by atoms with Crippen molar-refractivity contribution in [2.75, 3.05) is 0 Å². The van der Waals surface area contributed by atoms with Crippen molar-refractivity contribution >= 4 is 19.7 Å². The van der Waals surface area contributed by atoms with Crippen LogP contribution in [0.5, 0.6) is 0 Å². The highest BCUT2D eigenvalue weighted by Crippen LogP contribution is 2.38. The van der Waals surface area contributed by atoms with Gasteiger partial charge in [-0.3, -0.25) is 0 Å². The Labute approximate surface area is 118 Å². The van der Waals surface area contributed by atoms with E-state index in [4.69, 9.17) is 0 Å². The molecule has 0 spiro atoms. The third kappa shape index (κ3) is 3.61. The first kappa shape index (κ1) is 14.2. The maximum Gasteiger partial charge on any atom is 0.230 e. The summed E-state index contributed by atoms with van der Waals surface area (Å²) in [5.74, 6) is 0. The molecule has 0 saturated carbocycles. The first-order valence-electron chi connectivity index (χ1n) is 6.17. The van der Waals surface area contributed by atoms with Crippen LogP contribution in [-0.4, -0.2) is 8.42 Å². The molecule has 0 bridgehead atoms. The second-order valence-corrected chi connectivity index (χ2v) is 8.21. The smallest absolute Gasteiger partial charge is 0.212 e. The van der Waals surface area contributed by atoms with Crippen LogP contribution < -0.4 is 0 Å². The normalized spacial score (nSPS) is 13.1. The molecule has 0 radical (unpaired) electrons. The van der Waals surface area contributed by atoms with Crippen LogP contribution >= 0.6 is 10.8 Å². The van der Waals surface area contributed by atoms with Crippen molar-refractivity contribution in [1.29, 1.82) is 0 Å². The SMILES string of the molecule is CCC(SS(=O)(=O)c1ccccc1)c1ccccc1. The molecule has 100 valence electrons. The zero-order valence-electron chi connectivity index (χ0n) is 10.7. The van der Waals surface area contributed by atoms with E-state index in [1.54, 1.807) is 24.3 Å². The molecule has 0 aliphatic carbocycles. The summed E-state index contributed by atoms with van der Waals surface area (Å²) in [6.07, 6.45) is 0.779. The summed E-state index contributed by atoms with van der Waals surface area (Å²) in [4.78, 5) is 0.370. The van der Waals surface area contributed by atoms with Gasteiger partial charge in [0, 0.05) is 5.25 Å². The molecule has 1 atom stereocenters. The van der Waals surface area contributed by atoms with Gasteiger partial charge in [-0.15, -0.1) is 0 Å². The Hall–Kier alpha value is -1.26. The molecule has 19 heavy (non-hydrogen) atoms. The Morgan fingerprint density at radius 3 is 2.00 bits per heavy atom. The molecule has 4 heteroatoms. The standard InChI is InChI=1S/C15H16O2S2/c1-2-15(13-9-5-3-6-10-13)18-19(16,17)14-11-7-4-8-12-14/h3-12,15H,2H2,1H3. The maximum atomic E-state index is 12.3. The van der Waals surface area contributed by atoms with Gasteiger partial charge in [0.1, 0.15) is 0 Å². The van der Waals surface area contributed by atoms with Crippen LogP contribution in [0.4, 0.5) is 0 Å². The predicted octanol–water partition coefficient (Wildman–Crippen LogP) is 4.26. The van der Waals surface area contributed by atoms with E-state index in [1.165, 1.54) is 0 Å². The number of hydrogen-bond acceptors (Lipinski definition) is 3. The van der Waals surface area contributed by atoms with Crippen LogP contribution in [0.1, 0.15) is 24.2 Å². The van der Waals surface area contributed by atoms with Gasteiger partial charge in [0.05, 0.1) is 4.90 Å². The van der Waals surface area contributed by atoms with Gasteiger partial charge in [-0.2, -0.15) is 0 Å². The molecule has 0 fully saturated rings. The molecule has 0 aromatic heterocycles. The molecule has 2 nitrogen and oxygen atoms in total. The largest absolute Gasteiger partial charge is 0.230 e. The van der Waals surface area contributed by atoms with Gasteiger partial charge in [-0.25, -0.2) is 8.42 Å². The topological polar surface area (TPSA) is 34.1 Å². The lowest BCUT2D eigenvalue weighted by Crippen LogP contribution is -2.01. The van der Waals surface area contributed by atoms with Crippen molar-refractivity contribution in [3.05, 3.63) is 66.2 Å². The van der Waals surface area contributed by atoms with E-state index in [1.807, 2.05) is 43.3 Å². The second-order valence-electron chi connectivity index (χ2n) is 4.17. The third-order valence-corrected chi connectivity index (χ3v) is 6.79. The molecule has 1 unspecified atom stereocenters. The Balaban J connectivity index is 2.24. The fraction of sp³-hybridized carbons (Fsp3) is 0.200. The molecule has 0 amide bonds. The summed E-state index contributed by atoms with van der Waals surface area (Å²) in [6, 6.07) is 18.4. The molecule has 0 aliphatic heterocycles. The Morgan fingerprint density at radius 1 is 0.947 bits per heavy atom. The molecule has 2 aromatic rings. The summed E-state index contributed by atoms with van der Waals surface area (Å²) in [5.41, 5.74) is 1.05. The Kier molecular flexibility index (Phi) is 4.66. The van der Waals surface area contributed by atoms with Crippen LogP contribution in [0.2, 0.25) is 0 Å². The molecular weight excluding hydrogens is 276 g/mol. The third-order valence-electron chi connectivity index (χ3n) is 2.82. The summed E-state index contributed by atoms with van der Waals surface area (Å²) >= 11 is 0. The molecule has 0 N–H and O–H groups in total. The highest BCUT2D eigenvalue weighted by Gasteiger charge is 2.21. The van der Waals surface area contributed by atoms with Crippen LogP contribution in [0.15, 0.2) is 65.6 Å². The molecule has 0 heterocycles. The zero-order valence-corrected chi connectivity index (χ0v) is 12.3. The van der Waals surface area contributed by atoms with Crippen LogP contribution in [0, 0.1) is 0 Å². The monoisotopic (exact) mass is 292 g/mol. The molecule has 2 rings (SSSR count). The van der Waals surface area contributed by atoms with Gasteiger partial charge in [0.15, 0.2) is 0 Å². The number of hydrogen-bond donors (Lipinski definition) is 0. The Bertz CT molecular complexity index is 607. The first-order valence-corrected chi connectivity index (χ1v) is 9.04. The summed E-state index contributed by atoms with van der Waals surface area (Å²) in [7, 11) is -2.28. The average molecular weight is 292 g/mol. The van der Waals surface area contributed by atoms with Crippen molar-refractivity contribution in [2.24, 2.45) is 0 Å². The van der Waals surface area contributed by atoms with Gasteiger partial charge in [0.2, 0.25) is 8.87 Å². The minimum Gasteiger partial charge on any atom is -0.212 e. The predicted molar refractivity (Wildman–Crippen MR) is 80.7 cm³/mol. The summed E-state index contributed by atoms with van der Waals surface area (Å²) in [6.45, 7) is 2.01. The van der Waals surface area contributed by atoms with Crippen LogP contribution in [0.25, 0.3) is 0 Å². The average Bonchev–Trinajstić information content (AvgIpc) is 2.47. The van der Waals surface area contributed by atoms with E-state index in [0.717, 1.165) is 22.8 Å². The minimum absolute atomic E-state index is 0.0357. The lowest BCUT2D eigenvalue weighted by atomic mass is 10.1. The molecular formula is C15H16O2S2. The Morgan fingerprint density at radius 2 is 1.47 bits per heavy atom. The second kappa shape index (κ2) is 6.26. The highest BCUT2D eigenvalue weighted by molar-refractivity contribution is 8.72. The van der Waals surface area contributed by atoms with Crippen molar-refractivity contribution < 1.29 is 8.42 Å². The van der Waals surface area contributed by atoms with E-state index < -0.39 is 8.87 Å². The summed E-state index contributed by atoms with van der Waals surface area (Å²) in [5, 5.41) is -0.0357. The van der Waals surface area contributed by atoms with E-state index in [2.05, 4.69) is 0 Å². The maximum absolute atomic E-state index is 12.3. The lowest BCUT2D eigenvalue weighted by molar-refractivity contribution is 0.610. The molecule has 2 aromatic carbocycles. The van der Waals surface area contributed by atoms with Gasteiger partial charge in [-0.1, -0.05) is 55.5 Å².